The first-order valence-electron chi connectivity index (χ1n) is 10.8. The topological polar surface area (TPSA) is 151 Å². The highest BCUT2D eigenvalue weighted by atomic mass is 32.2. The van der Waals surface area contributed by atoms with Crippen molar-refractivity contribution in [1.29, 1.82) is 0 Å². The number of piperidine rings is 1. The fraction of sp³-hybridized carbons (Fsp3) is 0.600. The van der Waals surface area contributed by atoms with Gasteiger partial charge in [-0.3, -0.25) is 30.6 Å². The molecule has 1 aromatic carbocycles. The molecule has 0 unspecified atom stereocenters. The average molecular weight is 484 g/mol. The van der Waals surface area contributed by atoms with Gasteiger partial charge in [-0.15, -0.1) is 0 Å². The van der Waals surface area contributed by atoms with Gasteiger partial charge in [0, 0.05) is 44.1 Å². The number of amides is 2. The molecule has 2 fully saturated rings. The lowest BCUT2D eigenvalue weighted by Crippen LogP contribution is -2.48. The van der Waals surface area contributed by atoms with Gasteiger partial charge in [0.2, 0.25) is 21.8 Å². The molecule has 12 nitrogen and oxygen atoms in total. The highest BCUT2D eigenvalue weighted by molar-refractivity contribution is 7.89. The Morgan fingerprint density at radius 1 is 1.12 bits per heavy atom. The molecule has 0 atom stereocenters. The fourth-order valence-electron chi connectivity index (χ4n) is 3.77. The molecule has 2 N–H and O–H groups in total. The molecule has 2 saturated heterocycles. The van der Waals surface area contributed by atoms with Crippen LogP contribution in [0.5, 0.6) is 0 Å². The van der Waals surface area contributed by atoms with E-state index >= 15 is 0 Å². The first-order valence-corrected chi connectivity index (χ1v) is 12.3. The van der Waals surface area contributed by atoms with E-state index in [1.54, 1.807) is 18.7 Å². The number of sulfonamides is 1. The average Bonchev–Trinajstić information content (AvgIpc) is 2.82. The van der Waals surface area contributed by atoms with E-state index in [1.165, 1.54) is 16.4 Å². The minimum absolute atomic E-state index is 0.130. The van der Waals surface area contributed by atoms with Crippen molar-refractivity contribution in [2.24, 2.45) is 11.8 Å². The lowest BCUT2D eigenvalue weighted by molar-refractivity contribution is -0.384. The first-order chi connectivity index (χ1) is 15.6. The number of nitro groups is 1. The Morgan fingerprint density at radius 2 is 1.76 bits per heavy atom. The van der Waals surface area contributed by atoms with Crippen LogP contribution in [0.3, 0.4) is 0 Å². The highest BCUT2D eigenvalue weighted by Gasteiger charge is 2.32. The Bertz CT molecular complexity index is 1000. The molecular formula is C20H29N5O7S. The molecule has 182 valence electrons. The molecule has 0 aromatic heterocycles. The second-order valence-electron chi connectivity index (χ2n) is 8.32. The van der Waals surface area contributed by atoms with E-state index in [0.717, 1.165) is 6.07 Å². The molecule has 2 aliphatic heterocycles. The summed E-state index contributed by atoms with van der Waals surface area (Å²) in [5, 5.41) is 11.7. The summed E-state index contributed by atoms with van der Waals surface area (Å²) in [6, 6.07) is 3.93. The number of nitrogens with one attached hydrogen (secondary N) is 2. The van der Waals surface area contributed by atoms with Crippen molar-refractivity contribution < 1.29 is 27.7 Å². The Labute approximate surface area is 192 Å². The molecule has 2 heterocycles. The molecule has 13 heteroatoms. The van der Waals surface area contributed by atoms with Crippen molar-refractivity contribution in [3.63, 3.8) is 0 Å². The van der Waals surface area contributed by atoms with Gasteiger partial charge in [0.15, 0.2) is 0 Å². The van der Waals surface area contributed by atoms with E-state index in [2.05, 4.69) is 10.9 Å². The molecular weight excluding hydrogens is 454 g/mol. The third-order valence-electron chi connectivity index (χ3n) is 5.79. The summed E-state index contributed by atoms with van der Waals surface area (Å²) in [5.41, 5.74) is 4.83. The van der Waals surface area contributed by atoms with E-state index in [1.807, 2.05) is 0 Å². The Morgan fingerprint density at radius 3 is 2.33 bits per heavy atom. The molecule has 0 bridgehead atoms. The number of morpholine rings is 1. The van der Waals surface area contributed by atoms with Crippen LogP contribution < -0.4 is 15.8 Å². The van der Waals surface area contributed by atoms with Gasteiger partial charge < -0.3 is 9.64 Å². The highest BCUT2D eigenvalue weighted by Crippen LogP contribution is 2.34. The van der Waals surface area contributed by atoms with E-state index in [0.29, 0.717) is 31.6 Å². The summed E-state index contributed by atoms with van der Waals surface area (Å²) in [6.45, 7) is 5.15. The lowest BCUT2D eigenvalue weighted by atomic mass is 9.95. The number of anilines is 1. The summed E-state index contributed by atoms with van der Waals surface area (Å²) >= 11 is 0. The van der Waals surface area contributed by atoms with Crippen LogP contribution in [0.1, 0.15) is 26.7 Å². The minimum atomic E-state index is -3.86. The maximum atomic E-state index is 12.9. The van der Waals surface area contributed by atoms with E-state index in [4.69, 9.17) is 4.74 Å². The van der Waals surface area contributed by atoms with Crippen molar-refractivity contribution in [3.05, 3.63) is 28.3 Å². The largest absolute Gasteiger partial charge is 0.379 e. The molecule has 2 amide bonds. The monoisotopic (exact) mass is 483 g/mol. The van der Waals surface area contributed by atoms with Crippen molar-refractivity contribution in [3.8, 4) is 0 Å². The van der Waals surface area contributed by atoms with Crippen LogP contribution in [0.25, 0.3) is 0 Å². The van der Waals surface area contributed by atoms with Crippen LogP contribution in [0, 0.1) is 22.0 Å². The Kier molecular flexibility index (Phi) is 7.87. The third kappa shape index (κ3) is 5.78. The predicted octanol–water partition coefficient (Wildman–Crippen LogP) is 0.636. The first kappa shape index (κ1) is 24.9. The summed E-state index contributed by atoms with van der Waals surface area (Å²) < 4.78 is 32.2. The normalized spacial score (nSPS) is 18.2. The molecule has 3 rings (SSSR count). The van der Waals surface area contributed by atoms with Gasteiger partial charge >= 0.3 is 0 Å². The predicted molar refractivity (Wildman–Crippen MR) is 119 cm³/mol. The van der Waals surface area contributed by atoms with Gasteiger partial charge in [0.25, 0.3) is 5.69 Å². The van der Waals surface area contributed by atoms with E-state index < -0.39 is 14.9 Å². The fourth-order valence-corrected chi connectivity index (χ4v) is 5.19. The molecule has 2 aliphatic rings. The second-order valence-corrected chi connectivity index (χ2v) is 10.3. The number of carbonyl (C=O) groups is 2. The van der Waals surface area contributed by atoms with Crippen molar-refractivity contribution >= 4 is 33.2 Å². The van der Waals surface area contributed by atoms with Gasteiger partial charge in [-0.2, -0.15) is 4.31 Å². The van der Waals surface area contributed by atoms with Crippen molar-refractivity contribution in [1.82, 2.24) is 15.2 Å². The molecule has 0 radical (unpaired) electrons. The number of rotatable bonds is 6. The number of carbonyl (C=O) groups excluding carboxylic acids is 2. The third-order valence-corrected chi connectivity index (χ3v) is 7.69. The van der Waals surface area contributed by atoms with Gasteiger partial charge in [-0.25, -0.2) is 8.42 Å². The van der Waals surface area contributed by atoms with Crippen LogP contribution in [-0.2, 0) is 24.3 Å². The van der Waals surface area contributed by atoms with Crippen molar-refractivity contribution in [2.45, 2.75) is 31.6 Å². The Balaban J connectivity index is 1.69. The SMILES string of the molecule is CC(C)C(=O)NNC(=O)C1CCN(c2ccc(S(=O)(=O)N3CCOCC3)cc2[N+](=O)[O-])CC1. The number of hydrazine groups is 1. The number of hydrogen-bond acceptors (Lipinski definition) is 8. The van der Waals surface area contributed by atoms with Gasteiger partial charge in [-0.05, 0) is 25.0 Å². The number of nitro benzene ring substituents is 1. The number of ether oxygens (including phenoxy) is 1. The summed E-state index contributed by atoms with van der Waals surface area (Å²) in [6.07, 6.45) is 0.878. The maximum absolute atomic E-state index is 12.9. The zero-order valence-corrected chi connectivity index (χ0v) is 19.5. The molecule has 0 spiro atoms. The van der Waals surface area contributed by atoms with Gasteiger partial charge in [0.05, 0.1) is 23.0 Å². The maximum Gasteiger partial charge on any atom is 0.293 e. The smallest absolute Gasteiger partial charge is 0.293 e. The van der Waals surface area contributed by atoms with Crippen LogP contribution in [-0.4, -0.2) is 68.9 Å². The Hall–Kier alpha value is -2.77. The van der Waals surface area contributed by atoms with Crippen LogP contribution in [0.4, 0.5) is 11.4 Å². The summed E-state index contributed by atoms with van der Waals surface area (Å²) in [5.74, 6) is -1.19. The molecule has 0 saturated carbocycles. The zero-order chi connectivity index (χ0) is 24.2. The zero-order valence-electron chi connectivity index (χ0n) is 18.7. The molecule has 0 aliphatic carbocycles. The number of hydrogen-bond donors (Lipinski definition) is 2. The minimum Gasteiger partial charge on any atom is -0.379 e. The molecule has 33 heavy (non-hydrogen) atoms. The van der Waals surface area contributed by atoms with Crippen molar-refractivity contribution in [2.75, 3.05) is 44.3 Å². The lowest BCUT2D eigenvalue weighted by Gasteiger charge is -2.33. The van der Waals surface area contributed by atoms with Crippen LogP contribution >= 0.6 is 0 Å². The van der Waals surface area contributed by atoms with Crippen LogP contribution in [0.2, 0.25) is 0 Å². The van der Waals surface area contributed by atoms with E-state index in [9.17, 15) is 28.1 Å². The van der Waals surface area contributed by atoms with Gasteiger partial charge in [-0.1, -0.05) is 13.8 Å². The van der Waals surface area contributed by atoms with Crippen LogP contribution in [0.15, 0.2) is 23.1 Å². The van der Waals surface area contributed by atoms with E-state index in [-0.39, 0.29) is 60.5 Å². The quantitative estimate of drug-likeness (QED) is 0.442. The summed E-state index contributed by atoms with van der Waals surface area (Å²) in [4.78, 5) is 36.7. The standard InChI is InChI=1S/C20H29N5O7S/c1-14(2)19(26)21-22-20(27)15-5-7-23(8-6-15)17-4-3-16(13-18(17)25(28)29)33(30,31)24-9-11-32-12-10-24/h3-4,13-15H,5-12H2,1-2H3,(H,21,26)(H,22,27). The number of nitrogens with zero attached hydrogens (tertiary/aromatic N) is 3. The second kappa shape index (κ2) is 10.4. The van der Waals surface area contributed by atoms with Gasteiger partial charge in [0.1, 0.15) is 5.69 Å². The summed E-state index contributed by atoms with van der Waals surface area (Å²) in [7, 11) is -3.86. The number of benzene rings is 1. The molecule has 1 aromatic rings.